The van der Waals surface area contributed by atoms with Gasteiger partial charge in [-0.1, -0.05) is 23.9 Å². The molecule has 0 N–H and O–H groups in total. The van der Waals surface area contributed by atoms with E-state index in [0.717, 1.165) is 32.8 Å². The number of furan rings is 1. The summed E-state index contributed by atoms with van der Waals surface area (Å²) in [5, 5.41) is 9.99. The number of benzene rings is 2. The summed E-state index contributed by atoms with van der Waals surface area (Å²) < 4.78 is 17.1. The highest BCUT2D eigenvalue weighted by Gasteiger charge is 2.20. The van der Waals surface area contributed by atoms with Gasteiger partial charge in [-0.15, -0.1) is 10.2 Å². The van der Waals surface area contributed by atoms with Gasteiger partial charge in [-0.25, -0.2) is 9.97 Å². The molecule has 0 saturated heterocycles. The van der Waals surface area contributed by atoms with Gasteiger partial charge in [0.2, 0.25) is 11.8 Å². The van der Waals surface area contributed by atoms with Gasteiger partial charge in [0.25, 0.3) is 0 Å². The molecule has 5 rings (SSSR count). The van der Waals surface area contributed by atoms with E-state index in [-0.39, 0.29) is 5.25 Å². The van der Waals surface area contributed by atoms with Gasteiger partial charge in [0.05, 0.1) is 12.4 Å². The standard InChI is InChI=1S/C21H16N4O3S/c1-12(19-24-25-20(28-19)13-7-9-14(26-2)10-8-13)29-21-18-17(22-11-23-21)15-5-3-4-6-16(15)27-18/h3-12H,1-2H3/t12-/m1/s1. The molecule has 0 bridgehead atoms. The minimum atomic E-state index is -0.110. The molecule has 0 aliphatic heterocycles. The Labute approximate surface area is 170 Å². The molecule has 29 heavy (non-hydrogen) atoms. The lowest BCUT2D eigenvalue weighted by atomic mass is 10.2. The van der Waals surface area contributed by atoms with Gasteiger partial charge < -0.3 is 13.6 Å². The van der Waals surface area contributed by atoms with Crippen LogP contribution in [0.1, 0.15) is 18.1 Å². The number of fused-ring (bicyclic) bond motifs is 3. The predicted molar refractivity (Wildman–Crippen MR) is 110 cm³/mol. The number of methoxy groups -OCH3 is 1. The van der Waals surface area contributed by atoms with Gasteiger partial charge in [0, 0.05) is 10.9 Å². The molecule has 0 spiro atoms. The van der Waals surface area contributed by atoms with E-state index in [2.05, 4.69) is 20.2 Å². The maximum atomic E-state index is 5.99. The van der Waals surface area contributed by atoms with Gasteiger partial charge in [-0.05, 0) is 43.3 Å². The molecule has 1 atom stereocenters. The van der Waals surface area contributed by atoms with E-state index >= 15 is 0 Å². The number of hydrogen-bond donors (Lipinski definition) is 0. The van der Waals surface area contributed by atoms with Crippen molar-refractivity contribution in [2.75, 3.05) is 7.11 Å². The van der Waals surface area contributed by atoms with Gasteiger partial charge in [0.15, 0.2) is 5.58 Å². The zero-order valence-electron chi connectivity index (χ0n) is 15.7. The predicted octanol–water partition coefficient (Wildman–Crippen LogP) is 5.29. The molecule has 0 aliphatic rings. The third-order valence-corrected chi connectivity index (χ3v) is 5.61. The van der Waals surface area contributed by atoms with E-state index in [1.54, 1.807) is 13.4 Å². The first kappa shape index (κ1) is 17.7. The van der Waals surface area contributed by atoms with Crippen molar-refractivity contribution in [1.82, 2.24) is 20.2 Å². The number of hydrogen-bond acceptors (Lipinski definition) is 8. The number of thioether (sulfide) groups is 1. The van der Waals surface area contributed by atoms with Crippen molar-refractivity contribution in [3.05, 3.63) is 60.7 Å². The lowest BCUT2D eigenvalue weighted by Crippen LogP contribution is -1.91. The molecule has 0 unspecified atom stereocenters. The van der Waals surface area contributed by atoms with Crippen LogP contribution >= 0.6 is 11.8 Å². The molecule has 8 heteroatoms. The van der Waals surface area contributed by atoms with Crippen LogP contribution in [0.25, 0.3) is 33.5 Å². The second-order valence-corrected chi connectivity index (χ2v) is 7.72. The van der Waals surface area contributed by atoms with Crippen molar-refractivity contribution in [1.29, 1.82) is 0 Å². The van der Waals surface area contributed by atoms with E-state index in [0.29, 0.717) is 17.4 Å². The summed E-state index contributed by atoms with van der Waals surface area (Å²) in [4.78, 5) is 8.79. The zero-order valence-corrected chi connectivity index (χ0v) is 16.5. The van der Waals surface area contributed by atoms with Crippen LogP contribution in [0.2, 0.25) is 0 Å². The number of aromatic nitrogens is 4. The first-order valence-electron chi connectivity index (χ1n) is 8.99. The number of ether oxygens (including phenoxy) is 1. The molecule has 0 saturated carbocycles. The summed E-state index contributed by atoms with van der Waals surface area (Å²) in [6.45, 7) is 1.99. The fourth-order valence-corrected chi connectivity index (χ4v) is 3.94. The summed E-state index contributed by atoms with van der Waals surface area (Å²) in [6, 6.07) is 15.3. The average molecular weight is 404 g/mol. The molecule has 7 nitrogen and oxygen atoms in total. The van der Waals surface area contributed by atoms with E-state index in [9.17, 15) is 0 Å². The summed E-state index contributed by atoms with van der Waals surface area (Å²) in [5.74, 6) is 1.76. The Morgan fingerprint density at radius 1 is 0.966 bits per heavy atom. The SMILES string of the molecule is COc1ccc(-c2nnc([C@@H](C)Sc3ncnc4c3oc3ccccc34)o2)cc1. The summed E-state index contributed by atoms with van der Waals surface area (Å²) in [5.41, 5.74) is 3.09. The fourth-order valence-electron chi connectivity index (χ4n) is 3.05. The van der Waals surface area contributed by atoms with Gasteiger partial charge in [0.1, 0.15) is 28.2 Å². The topological polar surface area (TPSA) is 87.1 Å². The minimum Gasteiger partial charge on any atom is -0.497 e. The molecule has 5 aromatic rings. The Bertz CT molecular complexity index is 1300. The molecule has 144 valence electrons. The molecule has 0 amide bonds. The van der Waals surface area contributed by atoms with E-state index in [1.165, 1.54) is 11.8 Å². The molecule has 0 aliphatic carbocycles. The Balaban J connectivity index is 1.43. The summed E-state index contributed by atoms with van der Waals surface area (Å²) in [6.07, 6.45) is 1.55. The Morgan fingerprint density at radius 2 is 1.79 bits per heavy atom. The van der Waals surface area contributed by atoms with E-state index in [4.69, 9.17) is 13.6 Å². The first-order valence-corrected chi connectivity index (χ1v) is 9.87. The lowest BCUT2D eigenvalue weighted by Gasteiger charge is -2.05. The first-order chi connectivity index (χ1) is 14.2. The van der Waals surface area contributed by atoms with Crippen LogP contribution in [0.5, 0.6) is 5.75 Å². The molecule has 0 fully saturated rings. The zero-order chi connectivity index (χ0) is 19.8. The Kier molecular flexibility index (Phi) is 4.40. The fraction of sp³-hybridized carbons (Fsp3) is 0.143. The second kappa shape index (κ2) is 7.21. The molecule has 2 aromatic carbocycles. The third kappa shape index (κ3) is 3.21. The van der Waals surface area contributed by atoms with Crippen molar-refractivity contribution in [2.24, 2.45) is 0 Å². The average Bonchev–Trinajstić information content (AvgIpc) is 3.40. The highest BCUT2D eigenvalue weighted by Crippen LogP contribution is 2.39. The Morgan fingerprint density at radius 3 is 2.62 bits per heavy atom. The minimum absolute atomic E-state index is 0.110. The van der Waals surface area contributed by atoms with E-state index < -0.39 is 0 Å². The number of para-hydroxylation sites is 1. The van der Waals surface area contributed by atoms with E-state index in [1.807, 2.05) is 55.5 Å². The quantitative estimate of drug-likeness (QED) is 0.288. The molecule has 0 radical (unpaired) electrons. The van der Waals surface area contributed by atoms with Crippen LogP contribution in [-0.2, 0) is 0 Å². The van der Waals surface area contributed by atoms with Gasteiger partial charge in [-0.3, -0.25) is 0 Å². The molecular formula is C21H16N4O3S. The van der Waals surface area contributed by atoms with Gasteiger partial charge >= 0.3 is 0 Å². The smallest absolute Gasteiger partial charge is 0.247 e. The van der Waals surface area contributed by atoms with Crippen molar-refractivity contribution >= 4 is 33.8 Å². The maximum absolute atomic E-state index is 5.99. The monoisotopic (exact) mass is 404 g/mol. The molecular weight excluding hydrogens is 388 g/mol. The maximum Gasteiger partial charge on any atom is 0.247 e. The number of nitrogens with zero attached hydrogens (tertiary/aromatic N) is 4. The second-order valence-electron chi connectivity index (χ2n) is 6.39. The van der Waals surface area contributed by atoms with Crippen molar-refractivity contribution < 1.29 is 13.6 Å². The van der Waals surface area contributed by atoms with Gasteiger partial charge in [-0.2, -0.15) is 0 Å². The summed E-state index contributed by atoms with van der Waals surface area (Å²) in [7, 11) is 1.63. The van der Waals surface area contributed by atoms with Crippen LogP contribution in [0.3, 0.4) is 0 Å². The normalized spacial score (nSPS) is 12.5. The third-order valence-electron chi connectivity index (χ3n) is 4.54. The van der Waals surface area contributed by atoms with Crippen LogP contribution in [0, 0.1) is 0 Å². The van der Waals surface area contributed by atoms with Crippen LogP contribution in [0.4, 0.5) is 0 Å². The highest BCUT2D eigenvalue weighted by atomic mass is 32.2. The summed E-state index contributed by atoms with van der Waals surface area (Å²) >= 11 is 1.49. The Hall–Kier alpha value is -3.39. The van der Waals surface area contributed by atoms with Crippen molar-refractivity contribution in [2.45, 2.75) is 17.2 Å². The largest absolute Gasteiger partial charge is 0.497 e. The molecule has 3 aromatic heterocycles. The van der Waals surface area contributed by atoms with Crippen molar-refractivity contribution in [3.63, 3.8) is 0 Å². The highest BCUT2D eigenvalue weighted by molar-refractivity contribution is 7.99. The number of rotatable bonds is 5. The lowest BCUT2D eigenvalue weighted by molar-refractivity contribution is 0.415. The van der Waals surface area contributed by atoms with Crippen LogP contribution in [-0.4, -0.2) is 27.3 Å². The van der Waals surface area contributed by atoms with Crippen LogP contribution in [0.15, 0.2) is 68.7 Å². The van der Waals surface area contributed by atoms with Crippen molar-refractivity contribution in [3.8, 4) is 17.2 Å². The van der Waals surface area contributed by atoms with Crippen LogP contribution < -0.4 is 4.74 Å². The molecule has 3 heterocycles.